The predicted octanol–water partition coefficient (Wildman–Crippen LogP) is 12.8. The maximum atomic E-state index is 6.70. The molecule has 8 aromatic carbocycles. The Labute approximate surface area is 323 Å². The zero-order valence-corrected chi connectivity index (χ0v) is 30.1. The van der Waals surface area contributed by atoms with Crippen LogP contribution in [0.1, 0.15) is 22.3 Å². The molecule has 0 aliphatic heterocycles. The van der Waals surface area contributed by atoms with E-state index < -0.39 is 5.41 Å². The number of benzene rings is 8. The lowest BCUT2D eigenvalue weighted by Gasteiger charge is -2.30. The molecule has 4 heteroatoms. The standard InChI is InChI=1S/C52H31N3O/c1-3-13-33(14-4-1)49-53-50(34-15-5-2-6-16-34)55-51(54-49)35-25-23-32(24-26-35)36-27-28-47-41(29-36)42-30-40-39-19-9-12-22-45(39)52(46(40)31-48(42)56-47)43-20-10-7-17-37(43)38-18-8-11-21-44(38)52/h1-31H. The van der Waals surface area contributed by atoms with Gasteiger partial charge in [0, 0.05) is 27.5 Å². The molecule has 2 aliphatic carbocycles. The first-order valence-corrected chi connectivity index (χ1v) is 19.0. The normalized spacial score (nSPS) is 13.1. The smallest absolute Gasteiger partial charge is 0.164 e. The largest absolute Gasteiger partial charge is 0.456 e. The van der Waals surface area contributed by atoms with Crippen LogP contribution >= 0.6 is 0 Å². The fraction of sp³-hybridized carbons (Fsp3) is 0.0192. The monoisotopic (exact) mass is 713 g/mol. The van der Waals surface area contributed by atoms with Crippen LogP contribution in [0.3, 0.4) is 0 Å². The number of nitrogens with zero attached hydrogens (tertiary/aromatic N) is 3. The number of hydrogen-bond acceptors (Lipinski definition) is 4. The van der Waals surface area contributed by atoms with Crippen molar-refractivity contribution in [3.05, 3.63) is 210 Å². The van der Waals surface area contributed by atoms with E-state index >= 15 is 0 Å². The third-order valence-electron chi connectivity index (χ3n) is 11.8. The molecule has 12 rings (SSSR count). The van der Waals surface area contributed by atoms with Crippen molar-refractivity contribution in [1.29, 1.82) is 0 Å². The van der Waals surface area contributed by atoms with Crippen molar-refractivity contribution in [3.8, 4) is 67.5 Å². The van der Waals surface area contributed by atoms with Gasteiger partial charge in [-0.05, 0) is 79.9 Å². The van der Waals surface area contributed by atoms with Gasteiger partial charge >= 0.3 is 0 Å². The lowest BCUT2D eigenvalue weighted by Crippen LogP contribution is -2.25. The third-order valence-corrected chi connectivity index (χ3v) is 11.8. The number of hydrogen-bond donors (Lipinski definition) is 0. The molecule has 0 unspecified atom stereocenters. The summed E-state index contributed by atoms with van der Waals surface area (Å²) in [6.45, 7) is 0. The molecule has 56 heavy (non-hydrogen) atoms. The van der Waals surface area contributed by atoms with Crippen molar-refractivity contribution in [2.24, 2.45) is 0 Å². The van der Waals surface area contributed by atoms with Gasteiger partial charge < -0.3 is 4.42 Å². The average molecular weight is 714 g/mol. The first-order chi connectivity index (χ1) is 27.7. The Morgan fingerprint density at radius 1 is 0.304 bits per heavy atom. The SMILES string of the molecule is c1ccc(-c2nc(-c3ccccc3)nc(-c3ccc(-c4ccc5oc6cc7c(cc6c5c4)-c4ccccc4C74c5ccccc5-c5ccccc54)cc3)n2)cc1. The summed E-state index contributed by atoms with van der Waals surface area (Å²) in [6.07, 6.45) is 0. The number of aromatic nitrogens is 3. The van der Waals surface area contributed by atoms with Crippen LogP contribution in [0.2, 0.25) is 0 Å². The van der Waals surface area contributed by atoms with E-state index in [4.69, 9.17) is 19.4 Å². The van der Waals surface area contributed by atoms with Gasteiger partial charge in [-0.1, -0.05) is 164 Å². The minimum Gasteiger partial charge on any atom is -0.456 e. The van der Waals surface area contributed by atoms with Crippen LogP contribution < -0.4 is 0 Å². The fourth-order valence-electron chi connectivity index (χ4n) is 9.29. The van der Waals surface area contributed by atoms with Gasteiger partial charge in [0.2, 0.25) is 0 Å². The van der Waals surface area contributed by atoms with Crippen LogP contribution in [0.15, 0.2) is 192 Å². The van der Waals surface area contributed by atoms with Crippen LogP contribution in [0.4, 0.5) is 0 Å². The summed E-state index contributed by atoms with van der Waals surface area (Å²) >= 11 is 0. The van der Waals surface area contributed by atoms with Gasteiger partial charge in [-0.2, -0.15) is 0 Å². The van der Waals surface area contributed by atoms with E-state index in [2.05, 4.69) is 127 Å². The van der Waals surface area contributed by atoms with Crippen LogP contribution in [-0.2, 0) is 5.41 Å². The fourth-order valence-corrected chi connectivity index (χ4v) is 9.29. The lowest BCUT2D eigenvalue weighted by atomic mass is 9.70. The highest BCUT2D eigenvalue weighted by molar-refractivity contribution is 6.10. The average Bonchev–Trinajstić information content (AvgIpc) is 3.89. The first-order valence-electron chi connectivity index (χ1n) is 19.0. The highest BCUT2D eigenvalue weighted by Crippen LogP contribution is 2.63. The van der Waals surface area contributed by atoms with E-state index in [1.165, 1.54) is 44.5 Å². The molecule has 0 bridgehead atoms. The molecule has 2 aliphatic rings. The Hall–Kier alpha value is -7.43. The van der Waals surface area contributed by atoms with Crippen LogP contribution in [-0.4, -0.2) is 15.0 Å². The van der Waals surface area contributed by atoms with Gasteiger partial charge in [0.15, 0.2) is 17.5 Å². The molecule has 0 N–H and O–H groups in total. The summed E-state index contributed by atoms with van der Waals surface area (Å²) in [5, 5.41) is 2.23. The maximum Gasteiger partial charge on any atom is 0.164 e. The minimum absolute atomic E-state index is 0.401. The van der Waals surface area contributed by atoms with Crippen LogP contribution in [0, 0.1) is 0 Å². The van der Waals surface area contributed by atoms with Crippen LogP contribution in [0.5, 0.6) is 0 Å². The third kappa shape index (κ3) is 4.38. The van der Waals surface area contributed by atoms with E-state index in [1.54, 1.807) is 0 Å². The van der Waals surface area contributed by atoms with Crippen molar-refractivity contribution in [2.45, 2.75) is 5.41 Å². The lowest BCUT2D eigenvalue weighted by molar-refractivity contribution is 0.666. The van der Waals surface area contributed by atoms with Gasteiger partial charge in [0.25, 0.3) is 0 Å². The van der Waals surface area contributed by atoms with Crippen LogP contribution in [0.25, 0.3) is 89.5 Å². The molecule has 10 aromatic rings. The molecule has 0 fully saturated rings. The molecule has 0 atom stereocenters. The number of rotatable bonds is 4. The molecule has 0 saturated heterocycles. The highest BCUT2D eigenvalue weighted by Gasteiger charge is 2.51. The van der Waals surface area contributed by atoms with Gasteiger partial charge in [-0.3, -0.25) is 0 Å². The second kappa shape index (κ2) is 11.8. The number of fused-ring (bicyclic) bond motifs is 13. The van der Waals surface area contributed by atoms with E-state index in [1.807, 2.05) is 60.7 Å². The van der Waals surface area contributed by atoms with E-state index in [9.17, 15) is 0 Å². The van der Waals surface area contributed by atoms with Gasteiger partial charge in [0.05, 0.1) is 5.41 Å². The van der Waals surface area contributed by atoms with Crippen molar-refractivity contribution in [2.75, 3.05) is 0 Å². The van der Waals surface area contributed by atoms with Gasteiger partial charge in [0.1, 0.15) is 11.2 Å². The van der Waals surface area contributed by atoms with Gasteiger partial charge in [-0.15, -0.1) is 0 Å². The van der Waals surface area contributed by atoms with E-state index in [0.29, 0.717) is 17.5 Å². The predicted molar refractivity (Wildman–Crippen MR) is 225 cm³/mol. The summed E-state index contributed by atoms with van der Waals surface area (Å²) in [4.78, 5) is 14.7. The number of furan rings is 1. The maximum absolute atomic E-state index is 6.70. The molecule has 4 nitrogen and oxygen atoms in total. The summed E-state index contributed by atoms with van der Waals surface area (Å²) < 4.78 is 6.70. The molecule has 2 heterocycles. The van der Waals surface area contributed by atoms with Crippen molar-refractivity contribution in [1.82, 2.24) is 15.0 Å². The molecule has 2 aromatic heterocycles. The zero-order chi connectivity index (χ0) is 36.8. The quantitative estimate of drug-likeness (QED) is 0.182. The second-order valence-electron chi connectivity index (χ2n) is 14.7. The Bertz CT molecular complexity index is 3080. The molecule has 260 valence electrons. The summed E-state index contributed by atoms with van der Waals surface area (Å²) in [7, 11) is 0. The summed E-state index contributed by atoms with van der Waals surface area (Å²) in [5.74, 6) is 1.94. The molecule has 1 spiro atoms. The molecule has 0 saturated carbocycles. The van der Waals surface area contributed by atoms with Gasteiger partial charge in [-0.25, -0.2) is 15.0 Å². The van der Waals surface area contributed by atoms with Crippen molar-refractivity contribution < 1.29 is 4.42 Å². The Morgan fingerprint density at radius 3 is 1.29 bits per heavy atom. The van der Waals surface area contributed by atoms with E-state index in [-0.39, 0.29) is 0 Å². The highest BCUT2D eigenvalue weighted by atomic mass is 16.3. The minimum atomic E-state index is -0.401. The molecular weight excluding hydrogens is 683 g/mol. The Morgan fingerprint density at radius 2 is 0.732 bits per heavy atom. The first kappa shape index (κ1) is 31.0. The summed E-state index contributed by atoms with van der Waals surface area (Å²) in [6, 6.07) is 66.6. The molecule has 0 radical (unpaired) electrons. The Balaban J connectivity index is 0.973. The Kier molecular flexibility index (Phi) is 6.52. The summed E-state index contributed by atoms with van der Waals surface area (Å²) in [5.41, 5.74) is 16.9. The van der Waals surface area contributed by atoms with Crippen molar-refractivity contribution >= 4 is 21.9 Å². The van der Waals surface area contributed by atoms with E-state index in [0.717, 1.165) is 49.8 Å². The van der Waals surface area contributed by atoms with Crippen molar-refractivity contribution in [3.63, 3.8) is 0 Å². The zero-order valence-electron chi connectivity index (χ0n) is 30.1. The molecule has 0 amide bonds. The topological polar surface area (TPSA) is 51.8 Å². The second-order valence-corrected chi connectivity index (χ2v) is 14.7. The molecular formula is C52H31N3O.